The van der Waals surface area contributed by atoms with Crippen molar-refractivity contribution in [2.45, 2.75) is 64.0 Å². The highest BCUT2D eigenvalue weighted by Gasteiger charge is 2.27. The third-order valence-electron chi connectivity index (χ3n) is 4.04. The van der Waals surface area contributed by atoms with Crippen molar-refractivity contribution in [3.05, 3.63) is 0 Å². The Bertz CT molecular complexity index is 236. The summed E-state index contributed by atoms with van der Waals surface area (Å²) in [5.41, 5.74) is 0. The number of rotatable bonds is 4. The number of hydrogen-bond donors (Lipinski definition) is 1. The first kappa shape index (κ1) is 11.9. The summed E-state index contributed by atoms with van der Waals surface area (Å²) in [6.07, 6.45) is 7.84. The number of hydrogen-bond acceptors (Lipinski definition) is 2. The van der Waals surface area contributed by atoms with Crippen LogP contribution in [-0.4, -0.2) is 36.0 Å². The Morgan fingerprint density at radius 3 is 2.94 bits per heavy atom. The minimum Gasteiger partial charge on any atom is -0.340 e. The normalized spacial score (nSPS) is 29.9. The lowest BCUT2D eigenvalue weighted by Crippen LogP contribution is -2.36. The standard InChI is InChI=1S/C13H24N2O/c1-2-12-6-4-10-15(12)13(16)8-7-11-5-3-9-14-11/h11-12,14H,2-10H2,1H3. The fourth-order valence-electron chi connectivity index (χ4n) is 3.03. The van der Waals surface area contributed by atoms with E-state index in [9.17, 15) is 4.79 Å². The zero-order valence-electron chi connectivity index (χ0n) is 10.4. The van der Waals surface area contributed by atoms with Crippen LogP contribution in [0.25, 0.3) is 0 Å². The Morgan fingerprint density at radius 1 is 1.38 bits per heavy atom. The summed E-state index contributed by atoms with van der Waals surface area (Å²) < 4.78 is 0. The number of amides is 1. The molecular formula is C13H24N2O. The van der Waals surface area contributed by atoms with E-state index in [0.717, 1.165) is 32.4 Å². The number of likely N-dealkylation sites (tertiary alicyclic amines) is 1. The molecule has 1 N–H and O–H groups in total. The molecule has 0 aromatic rings. The molecule has 2 fully saturated rings. The third kappa shape index (κ3) is 2.76. The van der Waals surface area contributed by atoms with Crippen molar-refractivity contribution in [3.8, 4) is 0 Å². The Hall–Kier alpha value is -0.570. The van der Waals surface area contributed by atoms with Crippen molar-refractivity contribution in [1.29, 1.82) is 0 Å². The summed E-state index contributed by atoms with van der Waals surface area (Å²) >= 11 is 0. The molecule has 0 radical (unpaired) electrons. The number of carbonyl (C=O) groups is 1. The van der Waals surface area contributed by atoms with Crippen molar-refractivity contribution in [1.82, 2.24) is 10.2 Å². The molecule has 3 heteroatoms. The van der Waals surface area contributed by atoms with Gasteiger partial charge in [0.25, 0.3) is 0 Å². The van der Waals surface area contributed by atoms with Crippen LogP contribution >= 0.6 is 0 Å². The Morgan fingerprint density at radius 2 is 2.25 bits per heavy atom. The molecule has 2 aliphatic heterocycles. The van der Waals surface area contributed by atoms with E-state index in [2.05, 4.69) is 17.1 Å². The fraction of sp³-hybridized carbons (Fsp3) is 0.923. The lowest BCUT2D eigenvalue weighted by Gasteiger charge is -2.24. The van der Waals surface area contributed by atoms with Crippen molar-refractivity contribution in [2.24, 2.45) is 0 Å². The molecule has 3 nitrogen and oxygen atoms in total. The maximum atomic E-state index is 12.1. The van der Waals surface area contributed by atoms with Gasteiger partial charge in [-0.1, -0.05) is 6.92 Å². The van der Waals surface area contributed by atoms with Crippen LogP contribution < -0.4 is 5.32 Å². The first-order chi connectivity index (χ1) is 7.81. The zero-order valence-corrected chi connectivity index (χ0v) is 10.4. The van der Waals surface area contributed by atoms with Gasteiger partial charge >= 0.3 is 0 Å². The molecule has 0 aliphatic carbocycles. The molecule has 2 atom stereocenters. The van der Waals surface area contributed by atoms with Gasteiger partial charge in [-0.3, -0.25) is 4.79 Å². The smallest absolute Gasteiger partial charge is 0.222 e. The molecule has 92 valence electrons. The second kappa shape index (κ2) is 5.67. The first-order valence-electron chi connectivity index (χ1n) is 6.84. The van der Waals surface area contributed by atoms with Crippen LogP contribution in [0.15, 0.2) is 0 Å². The van der Waals surface area contributed by atoms with Crippen molar-refractivity contribution in [2.75, 3.05) is 13.1 Å². The van der Waals surface area contributed by atoms with Crippen LogP contribution in [0.2, 0.25) is 0 Å². The highest BCUT2D eigenvalue weighted by atomic mass is 16.2. The zero-order chi connectivity index (χ0) is 11.4. The topological polar surface area (TPSA) is 32.3 Å². The highest BCUT2D eigenvalue weighted by molar-refractivity contribution is 5.76. The SMILES string of the molecule is CCC1CCCN1C(=O)CCC1CCCN1. The summed E-state index contributed by atoms with van der Waals surface area (Å²) in [7, 11) is 0. The number of nitrogens with one attached hydrogen (secondary N) is 1. The van der Waals surface area contributed by atoms with E-state index in [1.165, 1.54) is 25.7 Å². The summed E-state index contributed by atoms with van der Waals surface area (Å²) in [5.74, 6) is 0.387. The van der Waals surface area contributed by atoms with Gasteiger partial charge in [0.15, 0.2) is 0 Å². The summed E-state index contributed by atoms with van der Waals surface area (Å²) in [5, 5.41) is 3.46. The van der Waals surface area contributed by atoms with Crippen LogP contribution in [0.4, 0.5) is 0 Å². The van der Waals surface area contributed by atoms with Gasteiger partial charge in [-0.25, -0.2) is 0 Å². The summed E-state index contributed by atoms with van der Waals surface area (Å²) in [6.45, 7) is 4.32. The van der Waals surface area contributed by atoms with E-state index in [1.807, 2.05) is 0 Å². The Labute approximate surface area is 98.6 Å². The third-order valence-corrected chi connectivity index (χ3v) is 4.04. The second-order valence-electron chi connectivity index (χ2n) is 5.12. The molecule has 2 aliphatic rings. The molecule has 16 heavy (non-hydrogen) atoms. The van der Waals surface area contributed by atoms with Gasteiger partial charge in [-0.2, -0.15) is 0 Å². The predicted octanol–water partition coefficient (Wildman–Crippen LogP) is 1.92. The molecule has 1 amide bonds. The lowest BCUT2D eigenvalue weighted by molar-refractivity contribution is -0.132. The van der Waals surface area contributed by atoms with Crippen LogP contribution in [0.5, 0.6) is 0 Å². The van der Waals surface area contributed by atoms with Crippen molar-refractivity contribution < 1.29 is 4.79 Å². The number of nitrogens with zero attached hydrogens (tertiary/aromatic N) is 1. The highest BCUT2D eigenvalue weighted by Crippen LogP contribution is 2.21. The summed E-state index contributed by atoms with van der Waals surface area (Å²) in [4.78, 5) is 14.2. The quantitative estimate of drug-likeness (QED) is 0.791. The molecule has 0 aromatic carbocycles. The maximum absolute atomic E-state index is 12.1. The predicted molar refractivity (Wildman–Crippen MR) is 65.3 cm³/mol. The molecular weight excluding hydrogens is 200 g/mol. The minimum absolute atomic E-state index is 0.387. The van der Waals surface area contributed by atoms with E-state index in [0.29, 0.717) is 18.0 Å². The number of carbonyl (C=O) groups excluding carboxylic acids is 1. The van der Waals surface area contributed by atoms with Crippen LogP contribution in [0.3, 0.4) is 0 Å². The van der Waals surface area contributed by atoms with Gasteiger partial charge < -0.3 is 10.2 Å². The van der Waals surface area contributed by atoms with Crippen LogP contribution in [0, 0.1) is 0 Å². The molecule has 2 unspecified atom stereocenters. The van der Waals surface area contributed by atoms with E-state index in [1.54, 1.807) is 0 Å². The van der Waals surface area contributed by atoms with Crippen molar-refractivity contribution >= 4 is 5.91 Å². The molecule has 0 bridgehead atoms. The van der Waals surface area contributed by atoms with Gasteiger partial charge in [0, 0.05) is 25.0 Å². The van der Waals surface area contributed by atoms with Gasteiger partial charge in [-0.05, 0) is 45.1 Å². The van der Waals surface area contributed by atoms with Crippen LogP contribution in [0.1, 0.15) is 51.9 Å². The van der Waals surface area contributed by atoms with E-state index < -0.39 is 0 Å². The monoisotopic (exact) mass is 224 g/mol. The molecule has 0 spiro atoms. The van der Waals surface area contributed by atoms with Gasteiger partial charge in [-0.15, -0.1) is 0 Å². The van der Waals surface area contributed by atoms with E-state index >= 15 is 0 Å². The Kier molecular flexibility index (Phi) is 4.22. The lowest BCUT2D eigenvalue weighted by atomic mass is 10.1. The average molecular weight is 224 g/mol. The maximum Gasteiger partial charge on any atom is 0.222 e. The van der Waals surface area contributed by atoms with Crippen LogP contribution in [-0.2, 0) is 4.79 Å². The second-order valence-corrected chi connectivity index (χ2v) is 5.12. The fourth-order valence-corrected chi connectivity index (χ4v) is 3.03. The molecule has 2 heterocycles. The van der Waals surface area contributed by atoms with Gasteiger partial charge in [0.1, 0.15) is 0 Å². The van der Waals surface area contributed by atoms with E-state index in [-0.39, 0.29) is 0 Å². The van der Waals surface area contributed by atoms with Gasteiger partial charge in [0.05, 0.1) is 0 Å². The average Bonchev–Trinajstić information content (AvgIpc) is 2.96. The van der Waals surface area contributed by atoms with E-state index in [4.69, 9.17) is 0 Å². The largest absolute Gasteiger partial charge is 0.340 e. The summed E-state index contributed by atoms with van der Waals surface area (Å²) in [6, 6.07) is 1.13. The Balaban J connectivity index is 1.74. The van der Waals surface area contributed by atoms with Crippen molar-refractivity contribution in [3.63, 3.8) is 0 Å². The van der Waals surface area contributed by atoms with Gasteiger partial charge in [0.2, 0.25) is 5.91 Å². The molecule has 0 aromatic heterocycles. The molecule has 0 saturated carbocycles. The first-order valence-corrected chi connectivity index (χ1v) is 6.84. The molecule has 2 saturated heterocycles. The molecule has 2 rings (SSSR count). The minimum atomic E-state index is 0.387.